The van der Waals surface area contributed by atoms with E-state index in [0.717, 1.165) is 22.4 Å². The predicted molar refractivity (Wildman–Crippen MR) is 104 cm³/mol. The number of aromatic nitrogens is 2. The number of aromatic hydroxyl groups is 1. The van der Waals surface area contributed by atoms with E-state index in [1.165, 1.54) is 19.2 Å². The molecule has 0 fully saturated rings. The van der Waals surface area contributed by atoms with E-state index in [1.807, 2.05) is 13.0 Å². The number of rotatable bonds is 5. The van der Waals surface area contributed by atoms with Crippen molar-refractivity contribution in [2.24, 2.45) is 0 Å². The number of nitro groups is 1. The fourth-order valence-electron chi connectivity index (χ4n) is 2.63. The molecule has 1 heterocycles. The molecule has 0 spiro atoms. The van der Waals surface area contributed by atoms with E-state index in [1.54, 1.807) is 18.2 Å². The average molecular weight is 396 g/mol. The SMILES string of the molecule is COc1ccc(NC(=O)c2nn(-c3cccc(C)c3)c(=O)cc2O)c([N+](=O)[O-])c1. The molecule has 0 aliphatic heterocycles. The van der Waals surface area contributed by atoms with E-state index in [2.05, 4.69) is 10.4 Å². The zero-order valence-electron chi connectivity index (χ0n) is 15.4. The summed E-state index contributed by atoms with van der Waals surface area (Å²) in [6.07, 6.45) is 0. The molecular weight excluding hydrogens is 380 g/mol. The van der Waals surface area contributed by atoms with Gasteiger partial charge in [0.2, 0.25) is 0 Å². The Balaban J connectivity index is 2.01. The van der Waals surface area contributed by atoms with Crippen LogP contribution in [0.3, 0.4) is 0 Å². The van der Waals surface area contributed by atoms with Gasteiger partial charge in [0.15, 0.2) is 11.4 Å². The van der Waals surface area contributed by atoms with E-state index in [9.17, 15) is 24.8 Å². The number of hydrogen-bond donors (Lipinski definition) is 2. The Kier molecular flexibility index (Phi) is 5.26. The van der Waals surface area contributed by atoms with Crippen molar-refractivity contribution in [1.29, 1.82) is 0 Å². The second-order valence-corrected chi connectivity index (χ2v) is 6.06. The maximum Gasteiger partial charge on any atom is 0.296 e. The zero-order valence-corrected chi connectivity index (χ0v) is 15.4. The normalized spacial score (nSPS) is 10.4. The van der Waals surface area contributed by atoms with Crippen LogP contribution < -0.4 is 15.6 Å². The summed E-state index contributed by atoms with van der Waals surface area (Å²) in [6, 6.07) is 11.6. The average Bonchev–Trinajstić information content (AvgIpc) is 2.68. The molecule has 10 nitrogen and oxygen atoms in total. The molecule has 2 aromatic carbocycles. The topological polar surface area (TPSA) is 137 Å². The van der Waals surface area contributed by atoms with E-state index in [0.29, 0.717) is 5.69 Å². The summed E-state index contributed by atoms with van der Waals surface area (Å²) in [5.74, 6) is -1.33. The Hall–Kier alpha value is -4.21. The number of amides is 1. The molecule has 2 N–H and O–H groups in total. The van der Waals surface area contributed by atoms with Crippen LogP contribution in [0.4, 0.5) is 11.4 Å². The van der Waals surface area contributed by atoms with E-state index >= 15 is 0 Å². The highest BCUT2D eigenvalue weighted by Crippen LogP contribution is 2.29. The number of nitro benzene ring substituents is 1. The molecule has 3 rings (SSSR count). The van der Waals surface area contributed by atoms with E-state index in [4.69, 9.17) is 4.74 Å². The summed E-state index contributed by atoms with van der Waals surface area (Å²) >= 11 is 0. The quantitative estimate of drug-likeness (QED) is 0.499. The van der Waals surface area contributed by atoms with Crippen molar-refractivity contribution in [2.45, 2.75) is 6.92 Å². The first-order chi connectivity index (χ1) is 13.8. The van der Waals surface area contributed by atoms with Crippen LogP contribution in [0.5, 0.6) is 11.5 Å². The molecular formula is C19H16N4O6. The number of carbonyl (C=O) groups excluding carboxylic acids is 1. The first-order valence-electron chi connectivity index (χ1n) is 8.34. The van der Waals surface area contributed by atoms with Crippen molar-refractivity contribution in [3.8, 4) is 17.2 Å². The number of hydrogen-bond acceptors (Lipinski definition) is 7. The summed E-state index contributed by atoms with van der Waals surface area (Å²) in [5.41, 5.74) is -0.348. The Morgan fingerprint density at radius 3 is 2.66 bits per heavy atom. The molecule has 0 atom stereocenters. The number of methoxy groups -OCH3 is 1. The molecule has 10 heteroatoms. The molecule has 0 saturated carbocycles. The lowest BCUT2D eigenvalue weighted by molar-refractivity contribution is -0.384. The minimum Gasteiger partial charge on any atom is -0.505 e. The van der Waals surface area contributed by atoms with Crippen LogP contribution in [-0.4, -0.2) is 32.8 Å². The van der Waals surface area contributed by atoms with Gasteiger partial charge in [0.1, 0.15) is 11.4 Å². The summed E-state index contributed by atoms with van der Waals surface area (Å²) in [7, 11) is 1.35. The van der Waals surface area contributed by atoms with Crippen LogP contribution in [0.1, 0.15) is 16.1 Å². The van der Waals surface area contributed by atoms with Gasteiger partial charge < -0.3 is 15.2 Å². The van der Waals surface area contributed by atoms with Gasteiger partial charge in [-0.25, -0.2) is 0 Å². The third-order valence-corrected chi connectivity index (χ3v) is 4.02. The van der Waals surface area contributed by atoms with E-state index < -0.39 is 33.5 Å². The second kappa shape index (κ2) is 7.80. The Labute approximate surface area is 164 Å². The highest BCUT2D eigenvalue weighted by Gasteiger charge is 2.22. The van der Waals surface area contributed by atoms with Gasteiger partial charge in [-0.05, 0) is 36.8 Å². The number of anilines is 1. The maximum atomic E-state index is 12.6. The van der Waals surface area contributed by atoms with Gasteiger partial charge in [0.25, 0.3) is 17.2 Å². The molecule has 0 radical (unpaired) electrons. The van der Waals surface area contributed by atoms with Crippen LogP contribution in [0.15, 0.2) is 53.3 Å². The van der Waals surface area contributed by atoms with Gasteiger partial charge in [0.05, 0.1) is 23.8 Å². The molecule has 0 bridgehead atoms. The number of ether oxygens (including phenoxy) is 1. The molecule has 3 aromatic rings. The Bertz CT molecular complexity index is 1170. The van der Waals surface area contributed by atoms with Gasteiger partial charge in [0, 0.05) is 6.07 Å². The van der Waals surface area contributed by atoms with Crippen LogP contribution in [0.2, 0.25) is 0 Å². The highest BCUT2D eigenvalue weighted by molar-refractivity contribution is 6.05. The fraction of sp³-hybridized carbons (Fsp3) is 0.105. The molecule has 29 heavy (non-hydrogen) atoms. The minimum atomic E-state index is -0.919. The van der Waals surface area contributed by atoms with Gasteiger partial charge in [-0.15, -0.1) is 0 Å². The number of nitrogens with zero attached hydrogens (tertiary/aromatic N) is 3. The number of aryl methyl sites for hydroxylation is 1. The van der Waals surface area contributed by atoms with Gasteiger partial charge in [-0.1, -0.05) is 12.1 Å². The third kappa shape index (κ3) is 4.05. The van der Waals surface area contributed by atoms with Gasteiger partial charge in [-0.2, -0.15) is 9.78 Å². The zero-order chi connectivity index (χ0) is 21.1. The molecule has 1 aromatic heterocycles. The van der Waals surface area contributed by atoms with Crippen molar-refractivity contribution >= 4 is 17.3 Å². The van der Waals surface area contributed by atoms with Crippen molar-refractivity contribution in [2.75, 3.05) is 12.4 Å². The van der Waals surface area contributed by atoms with Crippen molar-refractivity contribution in [1.82, 2.24) is 9.78 Å². The second-order valence-electron chi connectivity index (χ2n) is 6.06. The van der Waals surface area contributed by atoms with Gasteiger partial charge >= 0.3 is 0 Å². The summed E-state index contributed by atoms with van der Waals surface area (Å²) in [6.45, 7) is 1.82. The lowest BCUT2D eigenvalue weighted by Crippen LogP contribution is -2.25. The molecule has 148 valence electrons. The number of nitrogens with one attached hydrogen (secondary N) is 1. The molecule has 0 unspecified atom stereocenters. The standard InChI is InChI=1S/C19H16N4O6/c1-11-4-3-5-12(8-11)22-17(25)10-16(24)18(21-22)19(26)20-14-7-6-13(29-2)9-15(14)23(27)28/h3-10,24H,1-2H3,(H,20,26). The summed E-state index contributed by atoms with van der Waals surface area (Å²) < 4.78 is 5.91. The smallest absolute Gasteiger partial charge is 0.296 e. The number of carbonyl (C=O) groups is 1. The first-order valence-corrected chi connectivity index (χ1v) is 8.34. The van der Waals surface area contributed by atoms with Crippen molar-refractivity contribution in [3.63, 3.8) is 0 Å². The molecule has 0 aliphatic rings. The van der Waals surface area contributed by atoms with Crippen LogP contribution in [-0.2, 0) is 0 Å². The van der Waals surface area contributed by atoms with Crippen LogP contribution in [0, 0.1) is 17.0 Å². The maximum absolute atomic E-state index is 12.6. The lowest BCUT2D eigenvalue weighted by Gasteiger charge is -2.10. The molecule has 0 aliphatic carbocycles. The number of benzene rings is 2. The fourth-order valence-corrected chi connectivity index (χ4v) is 2.63. The lowest BCUT2D eigenvalue weighted by atomic mass is 10.2. The van der Waals surface area contributed by atoms with Crippen molar-refractivity contribution in [3.05, 3.63) is 80.3 Å². The Morgan fingerprint density at radius 1 is 1.24 bits per heavy atom. The van der Waals surface area contributed by atoms with Crippen LogP contribution >= 0.6 is 0 Å². The highest BCUT2D eigenvalue weighted by atomic mass is 16.6. The summed E-state index contributed by atoms with van der Waals surface area (Å²) in [4.78, 5) is 35.4. The predicted octanol–water partition coefficient (Wildman–Crippen LogP) is 2.42. The van der Waals surface area contributed by atoms with E-state index in [-0.39, 0.29) is 11.4 Å². The van der Waals surface area contributed by atoms with Crippen LogP contribution in [0.25, 0.3) is 5.69 Å². The third-order valence-electron chi connectivity index (χ3n) is 4.02. The molecule has 1 amide bonds. The van der Waals surface area contributed by atoms with Crippen molar-refractivity contribution < 1.29 is 19.6 Å². The first kappa shape index (κ1) is 19.5. The largest absolute Gasteiger partial charge is 0.505 e. The Morgan fingerprint density at radius 2 is 2.00 bits per heavy atom. The summed E-state index contributed by atoms with van der Waals surface area (Å²) in [5, 5.41) is 27.6. The van der Waals surface area contributed by atoms with Gasteiger partial charge in [-0.3, -0.25) is 19.7 Å². The molecule has 0 saturated heterocycles. The minimum absolute atomic E-state index is 0.115. The monoisotopic (exact) mass is 396 g/mol.